The number of halogens is 2. The fraction of sp³-hybridized carbons (Fsp3) is 0.176. The van der Waals surface area contributed by atoms with Crippen molar-refractivity contribution in [2.24, 2.45) is 0 Å². The summed E-state index contributed by atoms with van der Waals surface area (Å²) < 4.78 is 39.1. The lowest BCUT2D eigenvalue weighted by molar-refractivity contribution is -0.114. The van der Waals surface area contributed by atoms with Gasteiger partial charge < -0.3 is 10.6 Å². The minimum absolute atomic E-state index is 0.00196. The fourth-order valence-electron chi connectivity index (χ4n) is 2.17. The Balaban J connectivity index is 2.33. The zero-order valence-corrected chi connectivity index (χ0v) is 16.7. The molecule has 0 fully saturated rings. The average molecular weight is 430 g/mol. The number of amides is 2. The molecule has 0 saturated carbocycles. The summed E-state index contributed by atoms with van der Waals surface area (Å²) in [6.07, 6.45) is 0. The van der Waals surface area contributed by atoms with Gasteiger partial charge in [0.2, 0.25) is 5.91 Å². The Bertz CT molecular complexity index is 1030. The van der Waals surface area contributed by atoms with Gasteiger partial charge in [0.05, 0.1) is 17.8 Å². The standard InChI is InChI=1S/C17H17ClFN3O5S/c1-10(23)20-15-9-12(5-7-14(15)19)21-17(24)11-4-6-13(18)16(8-11)28(25,26)22(2)27-3/h4-9H,1-3H3,(H,20,23)(H,21,24). The van der Waals surface area contributed by atoms with Crippen molar-refractivity contribution in [2.75, 3.05) is 24.8 Å². The van der Waals surface area contributed by atoms with Crippen LogP contribution in [0.4, 0.5) is 15.8 Å². The predicted molar refractivity (Wildman–Crippen MR) is 102 cm³/mol. The van der Waals surface area contributed by atoms with Crippen LogP contribution in [-0.4, -0.2) is 38.9 Å². The number of nitrogens with one attached hydrogen (secondary N) is 2. The molecule has 0 unspecified atom stereocenters. The molecule has 0 radical (unpaired) electrons. The first-order chi connectivity index (χ1) is 13.1. The second-order valence-electron chi connectivity index (χ2n) is 5.57. The summed E-state index contributed by atoms with van der Waals surface area (Å²) in [5, 5.41) is 4.71. The Morgan fingerprint density at radius 3 is 2.43 bits per heavy atom. The van der Waals surface area contributed by atoms with E-state index in [0.717, 1.165) is 12.1 Å². The van der Waals surface area contributed by atoms with Gasteiger partial charge in [0, 0.05) is 25.2 Å². The Labute approximate surface area is 166 Å². The topological polar surface area (TPSA) is 105 Å². The van der Waals surface area contributed by atoms with Crippen molar-refractivity contribution in [3.05, 3.63) is 52.8 Å². The molecule has 0 atom stereocenters. The van der Waals surface area contributed by atoms with Crippen LogP contribution in [0, 0.1) is 5.82 Å². The Morgan fingerprint density at radius 1 is 1.14 bits per heavy atom. The van der Waals surface area contributed by atoms with Gasteiger partial charge in [0.1, 0.15) is 10.7 Å². The number of hydrogen-bond acceptors (Lipinski definition) is 5. The van der Waals surface area contributed by atoms with Crippen LogP contribution in [0.3, 0.4) is 0 Å². The van der Waals surface area contributed by atoms with E-state index in [1.807, 2.05) is 0 Å². The maximum atomic E-state index is 13.7. The highest BCUT2D eigenvalue weighted by molar-refractivity contribution is 7.89. The first kappa shape index (κ1) is 21.8. The molecule has 28 heavy (non-hydrogen) atoms. The molecule has 2 N–H and O–H groups in total. The number of anilines is 2. The van der Waals surface area contributed by atoms with Gasteiger partial charge in [0.25, 0.3) is 15.9 Å². The van der Waals surface area contributed by atoms with Crippen LogP contribution in [-0.2, 0) is 19.7 Å². The molecule has 2 amide bonds. The summed E-state index contributed by atoms with van der Waals surface area (Å²) in [5.41, 5.74) is 0.0905. The van der Waals surface area contributed by atoms with Gasteiger partial charge in [-0.25, -0.2) is 12.8 Å². The lowest BCUT2D eigenvalue weighted by Crippen LogP contribution is -2.26. The average Bonchev–Trinajstić information content (AvgIpc) is 2.63. The molecular formula is C17H17ClFN3O5S. The van der Waals surface area contributed by atoms with Gasteiger partial charge in [-0.3, -0.25) is 14.4 Å². The molecule has 0 heterocycles. The third-order valence-electron chi connectivity index (χ3n) is 3.60. The maximum Gasteiger partial charge on any atom is 0.266 e. The van der Waals surface area contributed by atoms with Crippen molar-refractivity contribution in [3.8, 4) is 0 Å². The predicted octanol–water partition coefficient (Wildman–Crippen LogP) is 2.87. The summed E-state index contributed by atoms with van der Waals surface area (Å²) in [6.45, 7) is 1.22. The Kier molecular flexibility index (Phi) is 6.73. The van der Waals surface area contributed by atoms with Crippen LogP contribution < -0.4 is 10.6 Å². The summed E-state index contributed by atoms with van der Waals surface area (Å²) in [6, 6.07) is 7.31. The van der Waals surface area contributed by atoms with E-state index in [1.165, 1.54) is 45.3 Å². The van der Waals surface area contributed by atoms with Crippen molar-refractivity contribution < 1.29 is 27.2 Å². The van der Waals surface area contributed by atoms with E-state index in [4.69, 9.17) is 16.4 Å². The summed E-state index contributed by atoms with van der Waals surface area (Å²) in [5.74, 6) is -1.80. The van der Waals surface area contributed by atoms with Gasteiger partial charge in [-0.15, -0.1) is 0 Å². The number of rotatable bonds is 6. The van der Waals surface area contributed by atoms with E-state index in [-0.39, 0.29) is 26.9 Å². The molecule has 11 heteroatoms. The van der Waals surface area contributed by atoms with Gasteiger partial charge >= 0.3 is 0 Å². The normalized spacial score (nSPS) is 11.4. The largest absolute Gasteiger partial charge is 0.324 e. The van der Waals surface area contributed by atoms with Crippen LogP contribution in [0.1, 0.15) is 17.3 Å². The number of carbonyl (C=O) groups is 2. The van der Waals surface area contributed by atoms with Crippen molar-refractivity contribution >= 4 is 44.8 Å². The molecule has 150 valence electrons. The zero-order valence-electron chi connectivity index (χ0n) is 15.1. The van der Waals surface area contributed by atoms with E-state index in [0.29, 0.717) is 4.47 Å². The molecule has 2 aromatic rings. The van der Waals surface area contributed by atoms with Crippen molar-refractivity contribution in [1.82, 2.24) is 4.47 Å². The monoisotopic (exact) mass is 429 g/mol. The third kappa shape index (κ3) is 4.84. The highest BCUT2D eigenvalue weighted by Crippen LogP contribution is 2.26. The van der Waals surface area contributed by atoms with Crippen molar-refractivity contribution in [1.29, 1.82) is 0 Å². The SMILES string of the molecule is CON(C)S(=O)(=O)c1cc(C(=O)Nc2ccc(F)c(NC(C)=O)c2)ccc1Cl. The molecule has 0 aliphatic carbocycles. The second kappa shape index (κ2) is 8.65. The molecule has 0 saturated heterocycles. The lowest BCUT2D eigenvalue weighted by Gasteiger charge is -2.16. The summed E-state index contributed by atoms with van der Waals surface area (Å²) in [4.78, 5) is 28.0. The van der Waals surface area contributed by atoms with E-state index < -0.39 is 27.7 Å². The maximum absolute atomic E-state index is 13.7. The number of benzene rings is 2. The number of carbonyl (C=O) groups excluding carboxylic acids is 2. The Hall–Kier alpha value is -2.53. The fourth-order valence-corrected chi connectivity index (χ4v) is 3.64. The molecule has 0 aliphatic heterocycles. The lowest BCUT2D eigenvalue weighted by atomic mass is 10.2. The van der Waals surface area contributed by atoms with Gasteiger partial charge in [-0.2, -0.15) is 0 Å². The molecule has 0 aliphatic rings. The van der Waals surface area contributed by atoms with Gasteiger partial charge in [-0.05, 0) is 36.4 Å². The molecule has 2 rings (SSSR count). The number of nitrogens with zero attached hydrogens (tertiary/aromatic N) is 1. The van der Waals surface area contributed by atoms with E-state index >= 15 is 0 Å². The minimum Gasteiger partial charge on any atom is -0.324 e. The minimum atomic E-state index is -4.07. The van der Waals surface area contributed by atoms with E-state index in [2.05, 4.69) is 10.6 Å². The van der Waals surface area contributed by atoms with Crippen LogP contribution >= 0.6 is 11.6 Å². The zero-order chi connectivity index (χ0) is 21.1. The second-order valence-corrected chi connectivity index (χ2v) is 7.88. The number of hydroxylamine groups is 1. The van der Waals surface area contributed by atoms with Gasteiger partial charge in [-0.1, -0.05) is 16.1 Å². The van der Waals surface area contributed by atoms with Crippen molar-refractivity contribution in [2.45, 2.75) is 11.8 Å². The molecule has 0 bridgehead atoms. The van der Waals surface area contributed by atoms with Crippen LogP contribution in [0.2, 0.25) is 5.02 Å². The van der Waals surface area contributed by atoms with Crippen LogP contribution in [0.25, 0.3) is 0 Å². The molecule has 0 aromatic heterocycles. The third-order valence-corrected chi connectivity index (χ3v) is 5.76. The van der Waals surface area contributed by atoms with Gasteiger partial charge in [0.15, 0.2) is 0 Å². The quantitative estimate of drug-likeness (QED) is 0.687. The summed E-state index contributed by atoms with van der Waals surface area (Å²) >= 11 is 5.96. The van der Waals surface area contributed by atoms with Crippen LogP contribution in [0.5, 0.6) is 0 Å². The molecule has 2 aromatic carbocycles. The molecule has 0 spiro atoms. The smallest absolute Gasteiger partial charge is 0.266 e. The van der Waals surface area contributed by atoms with E-state index in [1.54, 1.807) is 0 Å². The Morgan fingerprint density at radius 2 is 1.82 bits per heavy atom. The first-order valence-corrected chi connectivity index (χ1v) is 9.59. The van der Waals surface area contributed by atoms with Crippen LogP contribution in [0.15, 0.2) is 41.3 Å². The summed E-state index contributed by atoms with van der Waals surface area (Å²) in [7, 11) is -1.72. The highest BCUT2D eigenvalue weighted by atomic mass is 35.5. The van der Waals surface area contributed by atoms with E-state index in [9.17, 15) is 22.4 Å². The molecule has 8 nitrogen and oxygen atoms in total. The van der Waals surface area contributed by atoms with Crippen molar-refractivity contribution in [3.63, 3.8) is 0 Å². The number of sulfonamides is 1. The highest BCUT2D eigenvalue weighted by Gasteiger charge is 2.25. The number of hydrogen-bond donors (Lipinski definition) is 2. The first-order valence-electron chi connectivity index (χ1n) is 7.77. The molecular weight excluding hydrogens is 413 g/mol.